The summed E-state index contributed by atoms with van der Waals surface area (Å²) < 4.78 is 5.63. The Balaban J connectivity index is 3.17. The van der Waals surface area contributed by atoms with Crippen molar-refractivity contribution in [1.29, 1.82) is 0 Å². The molecule has 0 saturated carbocycles. The fraction of sp³-hybridized carbons (Fsp3) is 0.154. The molecule has 1 heterocycles. The molecule has 0 saturated heterocycles. The summed E-state index contributed by atoms with van der Waals surface area (Å²) in [5.41, 5.74) is 1.31. The van der Waals surface area contributed by atoms with Gasteiger partial charge in [-0.15, -0.1) is 0 Å². The molecule has 0 aliphatic rings. The normalized spacial score (nSPS) is 13.7. The zero-order valence-corrected chi connectivity index (χ0v) is 8.78. The van der Waals surface area contributed by atoms with Crippen molar-refractivity contribution in [2.75, 3.05) is 0 Å². The lowest BCUT2D eigenvalue weighted by atomic mass is 10.2. The molecule has 2 heteroatoms. The number of benzene rings is 1. The van der Waals surface area contributed by atoms with Gasteiger partial charge < -0.3 is 4.42 Å². The van der Waals surface area contributed by atoms with E-state index in [1.807, 2.05) is 38.1 Å². The number of rotatable bonds is 0. The Morgan fingerprint density at radius 3 is 2.53 bits per heavy atom. The van der Waals surface area contributed by atoms with Crippen LogP contribution in [0.1, 0.15) is 13.8 Å². The van der Waals surface area contributed by atoms with Crippen molar-refractivity contribution in [3.05, 3.63) is 45.1 Å². The van der Waals surface area contributed by atoms with E-state index >= 15 is 0 Å². The van der Waals surface area contributed by atoms with Crippen LogP contribution in [-0.2, 0) is 0 Å². The Labute approximate surface area is 87.2 Å². The summed E-state index contributed by atoms with van der Waals surface area (Å²) >= 11 is 0. The van der Waals surface area contributed by atoms with E-state index in [2.05, 4.69) is 0 Å². The average molecular weight is 200 g/mol. The Kier molecular flexibility index (Phi) is 2.42. The summed E-state index contributed by atoms with van der Waals surface area (Å²) in [7, 11) is 0. The van der Waals surface area contributed by atoms with Crippen molar-refractivity contribution >= 4 is 23.1 Å². The van der Waals surface area contributed by atoms with Crippen LogP contribution in [0.3, 0.4) is 0 Å². The van der Waals surface area contributed by atoms with Crippen LogP contribution in [0.5, 0.6) is 0 Å². The van der Waals surface area contributed by atoms with Crippen LogP contribution >= 0.6 is 0 Å². The minimum absolute atomic E-state index is 0.0347. The fourth-order valence-electron chi connectivity index (χ4n) is 1.66. The first-order valence-corrected chi connectivity index (χ1v) is 4.92. The largest absolute Gasteiger partial charge is 0.456 e. The van der Waals surface area contributed by atoms with E-state index in [1.54, 1.807) is 12.1 Å². The zero-order valence-electron chi connectivity index (χ0n) is 8.78. The highest BCUT2D eigenvalue weighted by atomic mass is 16.3. The maximum atomic E-state index is 12.0. The standard InChI is InChI=1S/C13H12O2/c1-3-9-11(4-2)15-12-8-6-5-7-10(12)13(9)14/h3-8H,1-2H3/b9-3+,11-4+. The number of hydrogen-bond acceptors (Lipinski definition) is 2. The van der Waals surface area contributed by atoms with Gasteiger partial charge in [0, 0.05) is 0 Å². The molecule has 0 atom stereocenters. The van der Waals surface area contributed by atoms with Crippen molar-refractivity contribution in [3.63, 3.8) is 0 Å². The summed E-state index contributed by atoms with van der Waals surface area (Å²) in [5, 5.41) is 1.27. The van der Waals surface area contributed by atoms with Gasteiger partial charge in [0.05, 0.1) is 10.6 Å². The summed E-state index contributed by atoms with van der Waals surface area (Å²) in [6, 6.07) is 7.30. The maximum Gasteiger partial charge on any atom is 0.200 e. The molecule has 15 heavy (non-hydrogen) atoms. The van der Waals surface area contributed by atoms with Gasteiger partial charge in [0.2, 0.25) is 0 Å². The van der Waals surface area contributed by atoms with Gasteiger partial charge in [-0.2, -0.15) is 0 Å². The first-order valence-electron chi connectivity index (χ1n) is 4.92. The van der Waals surface area contributed by atoms with Crippen molar-refractivity contribution < 1.29 is 4.42 Å². The third-order valence-electron chi connectivity index (χ3n) is 2.41. The van der Waals surface area contributed by atoms with Crippen molar-refractivity contribution in [2.24, 2.45) is 0 Å². The van der Waals surface area contributed by atoms with Gasteiger partial charge in [-0.05, 0) is 32.1 Å². The van der Waals surface area contributed by atoms with Crippen molar-refractivity contribution in [2.45, 2.75) is 13.8 Å². The summed E-state index contributed by atoms with van der Waals surface area (Å²) in [6.07, 6.45) is 3.59. The van der Waals surface area contributed by atoms with Crippen LogP contribution in [0.15, 0.2) is 33.5 Å². The zero-order chi connectivity index (χ0) is 10.8. The Hall–Kier alpha value is -1.83. The van der Waals surface area contributed by atoms with Gasteiger partial charge in [0.15, 0.2) is 5.43 Å². The number of hydrogen-bond donors (Lipinski definition) is 0. The Morgan fingerprint density at radius 2 is 1.87 bits per heavy atom. The van der Waals surface area contributed by atoms with E-state index in [9.17, 15) is 4.79 Å². The van der Waals surface area contributed by atoms with Crippen LogP contribution in [0.2, 0.25) is 0 Å². The number of para-hydroxylation sites is 1. The van der Waals surface area contributed by atoms with Crippen LogP contribution in [-0.4, -0.2) is 0 Å². The molecule has 0 aliphatic carbocycles. The van der Waals surface area contributed by atoms with Crippen LogP contribution < -0.4 is 16.1 Å². The third kappa shape index (κ3) is 1.48. The third-order valence-corrected chi connectivity index (χ3v) is 2.41. The summed E-state index contributed by atoms with van der Waals surface area (Å²) in [4.78, 5) is 12.0. The van der Waals surface area contributed by atoms with Crippen LogP contribution in [0.4, 0.5) is 0 Å². The molecular formula is C13H12O2. The second kappa shape index (κ2) is 3.73. The Morgan fingerprint density at radius 1 is 1.13 bits per heavy atom. The van der Waals surface area contributed by atoms with Crippen LogP contribution in [0, 0.1) is 0 Å². The van der Waals surface area contributed by atoms with Crippen molar-refractivity contribution in [1.82, 2.24) is 0 Å². The molecule has 0 unspecified atom stereocenters. The predicted molar refractivity (Wildman–Crippen MR) is 62.0 cm³/mol. The molecule has 76 valence electrons. The maximum absolute atomic E-state index is 12.0. The van der Waals surface area contributed by atoms with Crippen molar-refractivity contribution in [3.8, 4) is 0 Å². The molecule has 0 N–H and O–H groups in total. The molecule has 0 bridgehead atoms. The van der Waals surface area contributed by atoms with Gasteiger partial charge in [0.1, 0.15) is 11.0 Å². The molecule has 1 aromatic heterocycles. The smallest absolute Gasteiger partial charge is 0.200 e. The monoisotopic (exact) mass is 200 g/mol. The first kappa shape index (κ1) is 9.71. The topological polar surface area (TPSA) is 30.2 Å². The van der Waals surface area contributed by atoms with Gasteiger partial charge in [-0.1, -0.05) is 18.2 Å². The van der Waals surface area contributed by atoms with E-state index in [0.29, 0.717) is 21.6 Å². The highest BCUT2D eigenvalue weighted by Crippen LogP contribution is 2.04. The quantitative estimate of drug-likeness (QED) is 0.643. The van der Waals surface area contributed by atoms with E-state index < -0.39 is 0 Å². The fourth-order valence-corrected chi connectivity index (χ4v) is 1.66. The molecule has 2 nitrogen and oxygen atoms in total. The molecule has 2 rings (SSSR count). The van der Waals surface area contributed by atoms with E-state index in [0.717, 1.165) is 0 Å². The van der Waals surface area contributed by atoms with Gasteiger partial charge in [0.25, 0.3) is 0 Å². The second-order valence-corrected chi connectivity index (χ2v) is 3.28. The molecule has 2 aromatic rings. The lowest BCUT2D eigenvalue weighted by Crippen LogP contribution is -2.38. The summed E-state index contributed by atoms with van der Waals surface area (Å²) in [5.74, 6) is 0. The van der Waals surface area contributed by atoms with E-state index in [4.69, 9.17) is 4.42 Å². The highest BCUT2D eigenvalue weighted by molar-refractivity contribution is 5.76. The SMILES string of the molecule is C/C=c1/oc2ccccc2c(=O)/c1=C/C. The van der Waals surface area contributed by atoms with Gasteiger partial charge in [-0.3, -0.25) is 4.79 Å². The molecule has 0 radical (unpaired) electrons. The second-order valence-electron chi connectivity index (χ2n) is 3.28. The molecule has 0 fully saturated rings. The highest BCUT2D eigenvalue weighted by Gasteiger charge is 2.01. The van der Waals surface area contributed by atoms with E-state index in [1.165, 1.54) is 0 Å². The average Bonchev–Trinajstić information content (AvgIpc) is 2.29. The minimum Gasteiger partial charge on any atom is -0.456 e. The van der Waals surface area contributed by atoms with E-state index in [-0.39, 0.29) is 5.43 Å². The van der Waals surface area contributed by atoms with Gasteiger partial charge in [-0.25, -0.2) is 0 Å². The Bertz CT molecular complexity index is 663. The minimum atomic E-state index is 0.0347. The summed E-state index contributed by atoms with van der Waals surface area (Å²) in [6.45, 7) is 3.70. The molecule has 0 amide bonds. The molecule has 0 aliphatic heterocycles. The van der Waals surface area contributed by atoms with Crippen LogP contribution in [0.25, 0.3) is 23.1 Å². The molecule has 1 aromatic carbocycles. The molecular weight excluding hydrogens is 188 g/mol. The molecule has 0 spiro atoms. The number of fused-ring (bicyclic) bond motifs is 1. The predicted octanol–water partition coefficient (Wildman–Crippen LogP) is 1.39. The lowest BCUT2D eigenvalue weighted by Gasteiger charge is -1.96. The first-order chi connectivity index (χ1) is 7.27. The van der Waals surface area contributed by atoms with Gasteiger partial charge >= 0.3 is 0 Å². The lowest BCUT2D eigenvalue weighted by molar-refractivity contribution is 0.558.